The fourth-order valence-electron chi connectivity index (χ4n) is 2.27. The van der Waals surface area contributed by atoms with Crippen LogP contribution in [0.2, 0.25) is 0 Å². The van der Waals surface area contributed by atoms with Gasteiger partial charge in [-0.3, -0.25) is 4.90 Å². The SMILES string of the molecule is CCCc1noc(CN(CC)C[C@@H]2CCOC2)n1. The van der Waals surface area contributed by atoms with Crippen molar-refractivity contribution in [2.45, 2.75) is 39.7 Å². The summed E-state index contributed by atoms with van der Waals surface area (Å²) in [6, 6.07) is 0. The van der Waals surface area contributed by atoms with Crippen molar-refractivity contribution in [3.63, 3.8) is 0 Å². The highest BCUT2D eigenvalue weighted by Crippen LogP contribution is 2.15. The molecule has 0 unspecified atom stereocenters. The molecule has 5 nitrogen and oxygen atoms in total. The van der Waals surface area contributed by atoms with Gasteiger partial charge in [-0.2, -0.15) is 4.98 Å². The maximum atomic E-state index is 5.41. The Kier molecular flexibility index (Phi) is 5.13. The molecule has 1 aliphatic heterocycles. The quantitative estimate of drug-likeness (QED) is 0.742. The summed E-state index contributed by atoms with van der Waals surface area (Å²) in [5.41, 5.74) is 0. The molecule has 18 heavy (non-hydrogen) atoms. The van der Waals surface area contributed by atoms with Crippen LogP contribution < -0.4 is 0 Å². The first-order chi connectivity index (χ1) is 8.81. The molecular weight excluding hydrogens is 230 g/mol. The van der Waals surface area contributed by atoms with Crippen LogP contribution in [0.1, 0.15) is 38.4 Å². The smallest absolute Gasteiger partial charge is 0.240 e. The van der Waals surface area contributed by atoms with Crippen LogP contribution in [0, 0.1) is 5.92 Å². The van der Waals surface area contributed by atoms with E-state index in [1.165, 1.54) is 6.42 Å². The minimum absolute atomic E-state index is 0.656. The van der Waals surface area contributed by atoms with Crippen LogP contribution in [0.3, 0.4) is 0 Å². The molecule has 1 atom stereocenters. The van der Waals surface area contributed by atoms with Crippen LogP contribution in [-0.4, -0.2) is 41.3 Å². The summed E-state index contributed by atoms with van der Waals surface area (Å²) >= 11 is 0. The van der Waals surface area contributed by atoms with Crippen LogP contribution in [-0.2, 0) is 17.7 Å². The molecule has 1 aromatic heterocycles. The number of aryl methyl sites for hydroxylation is 1. The molecule has 0 bridgehead atoms. The van der Waals surface area contributed by atoms with Crippen molar-refractivity contribution in [2.24, 2.45) is 5.92 Å². The van der Waals surface area contributed by atoms with Gasteiger partial charge in [0.05, 0.1) is 13.2 Å². The number of rotatable bonds is 7. The summed E-state index contributed by atoms with van der Waals surface area (Å²) in [6.45, 7) is 8.89. The van der Waals surface area contributed by atoms with E-state index in [9.17, 15) is 0 Å². The molecule has 0 spiro atoms. The Hall–Kier alpha value is -0.940. The minimum Gasteiger partial charge on any atom is -0.381 e. The second kappa shape index (κ2) is 6.85. The van der Waals surface area contributed by atoms with E-state index in [0.717, 1.165) is 57.4 Å². The Morgan fingerprint density at radius 3 is 2.94 bits per heavy atom. The van der Waals surface area contributed by atoms with Crippen molar-refractivity contribution in [1.82, 2.24) is 15.0 Å². The lowest BCUT2D eigenvalue weighted by Gasteiger charge is -2.21. The molecule has 0 radical (unpaired) electrons. The van der Waals surface area contributed by atoms with Crippen molar-refractivity contribution in [1.29, 1.82) is 0 Å². The van der Waals surface area contributed by atoms with Crippen molar-refractivity contribution in [3.8, 4) is 0 Å². The van der Waals surface area contributed by atoms with Crippen molar-refractivity contribution in [2.75, 3.05) is 26.3 Å². The zero-order valence-corrected chi connectivity index (χ0v) is 11.4. The number of hydrogen-bond acceptors (Lipinski definition) is 5. The van der Waals surface area contributed by atoms with Crippen LogP contribution in [0.5, 0.6) is 0 Å². The second-order valence-corrected chi connectivity index (χ2v) is 4.91. The number of aromatic nitrogens is 2. The predicted molar refractivity (Wildman–Crippen MR) is 68.2 cm³/mol. The van der Waals surface area contributed by atoms with Crippen molar-refractivity contribution >= 4 is 0 Å². The van der Waals surface area contributed by atoms with E-state index in [-0.39, 0.29) is 0 Å². The van der Waals surface area contributed by atoms with Gasteiger partial charge in [0, 0.05) is 19.6 Å². The van der Waals surface area contributed by atoms with E-state index in [4.69, 9.17) is 9.26 Å². The first-order valence-electron chi connectivity index (χ1n) is 6.93. The molecule has 1 aromatic rings. The third-order valence-electron chi connectivity index (χ3n) is 3.33. The molecule has 1 aliphatic rings. The Labute approximate surface area is 108 Å². The fraction of sp³-hybridized carbons (Fsp3) is 0.846. The highest BCUT2D eigenvalue weighted by molar-refractivity contribution is 4.86. The van der Waals surface area contributed by atoms with Gasteiger partial charge in [-0.15, -0.1) is 0 Å². The molecule has 5 heteroatoms. The van der Waals surface area contributed by atoms with Gasteiger partial charge in [-0.25, -0.2) is 0 Å². The molecule has 0 amide bonds. The van der Waals surface area contributed by atoms with Gasteiger partial charge in [-0.1, -0.05) is 19.0 Å². The average molecular weight is 253 g/mol. The summed E-state index contributed by atoms with van der Waals surface area (Å²) in [6.07, 6.45) is 3.11. The molecule has 102 valence electrons. The Morgan fingerprint density at radius 1 is 1.39 bits per heavy atom. The summed E-state index contributed by atoms with van der Waals surface area (Å²) in [5.74, 6) is 2.22. The van der Waals surface area contributed by atoms with Crippen molar-refractivity contribution < 1.29 is 9.26 Å². The van der Waals surface area contributed by atoms with E-state index in [0.29, 0.717) is 5.92 Å². The Bertz CT molecular complexity index is 348. The average Bonchev–Trinajstić information content (AvgIpc) is 3.01. The standard InChI is InChI=1S/C13H23N3O2/c1-3-5-12-14-13(18-15-12)9-16(4-2)8-11-6-7-17-10-11/h11H,3-10H2,1-2H3/t11-/m0/s1. The lowest BCUT2D eigenvalue weighted by molar-refractivity contribution is 0.160. The van der Waals surface area contributed by atoms with E-state index in [1.807, 2.05) is 0 Å². The van der Waals surface area contributed by atoms with Gasteiger partial charge in [0.25, 0.3) is 0 Å². The molecule has 0 saturated carbocycles. The zero-order valence-electron chi connectivity index (χ0n) is 11.4. The molecule has 0 N–H and O–H groups in total. The molecule has 2 heterocycles. The van der Waals surface area contributed by atoms with Crippen LogP contribution in [0.4, 0.5) is 0 Å². The summed E-state index contributed by atoms with van der Waals surface area (Å²) in [4.78, 5) is 6.76. The third-order valence-corrected chi connectivity index (χ3v) is 3.33. The maximum absolute atomic E-state index is 5.41. The lowest BCUT2D eigenvalue weighted by atomic mass is 10.1. The summed E-state index contributed by atoms with van der Waals surface area (Å²) in [7, 11) is 0. The molecule has 1 fully saturated rings. The van der Waals surface area contributed by atoms with Crippen molar-refractivity contribution in [3.05, 3.63) is 11.7 Å². The number of hydrogen-bond donors (Lipinski definition) is 0. The van der Waals surface area contributed by atoms with Gasteiger partial charge >= 0.3 is 0 Å². The second-order valence-electron chi connectivity index (χ2n) is 4.91. The van der Waals surface area contributed by atoms with Crippen LogP contribution >= 0.6 is 0 Å². The topological polar surface area (TPSA) is 51.4 Å². The van der Waals surface area contributed by atoms with E-state index in [1.54, 1.807) is 0 Å². The van der Waals surface area contributed by atoms with E-state index in [2.05, 4.69) is 28.9 Å². The zero-order chi connectivity index (χ0) is 12.8. The number of ether oxygens (including phenoxy) is 1. The van der Waals surface area contributed by atoms with Gasteiger partial charge in [0.2, 0.25) is 5.89 Å². The Morgan fingerprint density at radius 2 is 2.28 bits per heavy atom. The first-order valence-corrected chi connectivity index (χ1v) is 6.93. The van der Waals surface area contributed by atoms with Crippen LogP contribution in [0.25, 0.3) is 0 Å². The number of nitrogens with zero attached hydrogens (tertiary/aromatic N) is 3. The van der Waals surface area contributed by atoms with E-state index >= 15 is 0 Å². The highest BCUT2D eigenvalue weighted by atomic mass is 16.5. The molecule has 0 aromatic carbocycles. The maximum Gasteiger partial charge on any atom is 0.240 e. The van der Waals surface area contributed by atoms with Gasteiger partial charge < -0.3 is 9.26 Å². The van der Waals surface area contributed by atoms with Crippen LogP contribution in [0.15, 0.2) is 4.52 Å². The molecule has 0 aliphatic carbocycles. The van der Waals surface area contributed by atoms with Gasteiger partial charge in [0.15, 0.2) is 5.82 Å². The molecule has 1 saturated heterocycles. The van der Waals surface area contributed by atoms with E-state index < -0.39 is 0 Å². The fourth-order valence-corrected chi connectivity index (χ4v) is 2.27. The van der Waals surface area contributed by atoms with Gasteiger partial charge in [0.1, 0.15) is 0 Å². The highest BCUT2D eigenvalue weighted by Gasteiger charge is 2.19. The monoisotopic (exact) mass is 253 g/mol. The lowest BCUT2D eigenvalue weighted by Crippen LogP contribution is -2.29. The minimum atomic E-state index is 0.656. The first kappa shape index (κ1) is 13.5. The third kappa shape index (κ3) is 3.78. The normalized spacial score (nSPS) is 19.8. The largest absolute Gasteiger partial charge is 0.381 e. The predicted octanol–water partition coefficient (Wildman–Crippen LogP) is 1.88. The molecular formula is C13H23N3O2. The summed E-state index contributed by atoms with van der Waals surface area (Å²) in [5, 5.41) is 3.99. The summed E-state index contributed by atoms with van der Waals surface area (Å²) < 4.78 is 10.7. The Balaban J connectivity index is 1.83. The van der Waals surface area contributed by atoms with Gasteiger partial charge in [-0.05, 0) is 25.3 Å². The molecule has 2 rings (SSSR count).